The normalized spacial score (nSPS) is 16.4. The molecule has 2 rings (SSSR count). The van der Waals surface area contributed by atoms with Crippen LogP contribution in [0.4, 0.5) is 4.39 Å². The summed E-state index contributed by atoms with van der Waals surface area (Å²) in [7, 11) is 5.39. The summed E-state index contributed by atoms with van der Waals surface area (Å²) in [6.07, 6.45) is 1.64. The van der Waals surface area contributed by atoms with Gasteiger partial charge in [-0.1, -0.05) is 12.1 Å². The molecule has 2 atom stereocenters. The van der Waals surface area contributed by atoms with E-state index in [1.807, 2.05) is 0 Å². The number of hydrogen-bond donors (Lipinski definition) is 2. The second kappa shape index (κ2) is 5.95. The lowest BCUT2D eigenvalue weighted by atomic mass is 9.87. The first-order valence-corrected chi connectivity index (χ1v) is 6.44. The number of furan rings is 1. The fraction of sp³-hybridized carbons (Fsp3) is 0.385. The van der Waals surface area contributed by atoms with Crippen molar-refractivity contribution < 1.29 is 13.9 Å². The molecule has 0 aliphatic heterocycles. The van der Waals surface area contributed by atoms with Gasteiger partial charge in [-0.3, -0.25) is 0 Å². The minimum Gasteiger partial charge on any atom is -0.464 e. The molecule has 2 radical (unpaired) electrons. The Morgan fingerprint density at radius 3 is 2.89 bits per heavy atom. The lowest BCUT2D eigenvalue weighted by Crippen LogP contribution is -2.51. The van der Waals surface area contributed by atoms with Crippen LogP contribution < -0.4 is 5.32 Å². The van der Waals surface area contributed by atoms with Crippen molar-refractivity contribution >= 4 is 30.4 Å². The highest BCUT2D eigenvalue weighted by atomic mass is 35.5. The predicted molar refractivity (Wildman–Crippen MR) is 74.4 cm³/mol. The van der Waals surface area contributed by atoms with E-state index in [2.05, 4.69) is 5.32 Å². The molecule has 19 heavy (non-hydrogen) atoms. The summed E-state index contributed by atoms with van der Waals surface area (Å²) in [5, 5.41) is 14.2. The van der Waals surface area contributed by atoms with Crippen molar-refractivity contribution in [2.24, 2.45) is 0 Å². The van der Waals surface area contributed by atoms with Crippen LogP contribution in [0, 0.1) is 0 Å². The first-order valence-electron chi connectivity index (χ1n) is 5.91. The van der Waals surface area contributed by atoms with E-state index in [9.17, 15) is 9.50 Å². The second-order valence-corrected chi connectivity index (χ2v) is 4.65. The monoisotopic (exact) mass is 281 g/mol. The van der Waals surface area contributed by atoms with Crippen LogP contribution in [0.25, 0.3) is 11.0 Å². The first-order chi connectivity index (χ1) is 9.15. The Balaban J connectivity index is 2.43. The molecule has 6 heteroatoms. The lowest BCUT2D eigenvalue weighted by Gasteiger charge is -2.33. The van der Waals surface area contributed by atoms with Gasteiger partial charge in [0.05, 0.1) is 20.2 Å². The van der Waals surface area contributed by atoms with Crippen molar-refractivity contribution in [2.45, 2.75) is 11.6 Å². The fourth-order valence-corrected chi connectivity index (χ4v) is 2.45. The molecule has 0 aliphatic rings. The van der Waals surface area contributed by atoms with Gasteiger partial charge in [0.15, 0.2) is 0 Å². The molecule has 3 nitrogen and oxygen atoms in total. The topological polar surface area (TPSA) is 45.4 Å². The van der Waals surface area contributed by atoms with Gasteiger partial charge < -0.3 is 14.8 Å². The maximum absolute atomic E-state index is 13.4. The van der Waals surface area contributed by atoms with Crippen molar-refractivity contribution in [1.82, 2.24) is 5.32 Å². The van der Waals surface area contributed by atoms with E-state index in [-0.39, 0.29) is 12.3 Å². The first kappa shape index (κ1) is 14.4. The van der Waals surface area contributed by atoms with Gasteiger partial charge >= 0.3 is 0 Å². The summed E-state index contributed by atoms with van der Waals surface area (Å²) in [6.45, 7) is -0.969. The van der Waals surface area contributed by atoms with Crippen LogP contribution in [0.5, 0.6) is 0 Å². The number of alkyl halides is 2. The molecular weight excluding hydrogens is 267 g/mol. The molecule has 2 unspecified atom stereocenters. The quantitative estimate of drug-likeness (QED) is 0.628. The minimum absolute atomic E-state index is 0.0355. The third-order valence-electron chi connectivity index (χ3n) is 3.25. The van der Waals surface area contributed by atoms with Crippen molar-refractivity contribution in [3.8, 4) is 0 Å². The average Bonchev–Trinajstić information content (AvgIpc) is 2.91. The fourth-order valence-electron chi connectivity index (χ4n) is 2.09. The van der Waals surface area contributed by atoms with Gasteiger partial charge in [0.2, 0.25) is 0 Å². The molecule has 0 fully saturated rings. The van der Waals surface area contributed by atoms with Gasteiger partial charge in [-0.25, -0.2) is 4.39 Å². The van der Waals surface area contributed by atoms with Crippen LogP contribution in [-0.2, 0) is 5.60 Å². The maximum Gasteiger partial charge on any atom is 0.134 e. The van der Waals surface area contributed by atoms with Crippen molar-refractivity contribution in [3.63, 3.8) is 0 Å². The predicted octanol–water partition coefficient (Wildman–Crippen LogP) is 1.91. The third-order valence-corrected chi connectivity index (χ3v) is 3.56. The molecule has 100 valence electrons. The van der Waals surface area contributed by atoms with Gasteiger partial charge in [-0.15, -0.1) is 11.6 Å². The highest BCUT2D eigenvalue weighted by Crippen LogP contribution is 2.30. The summed E-state index contributed by atoms with van der Waals surface area (Å²) in [5.41, 5.74) is -0.739. The number of halogens is 2. The zero-order valence-electron chi connectivity index (χ0n) is 10.3. The summed E-state index contributed by atoms with van der Waals surface area (Å²) < 4.78 is 18.7. The summed E-state index contributed by atoms with van der Waals surface area (Å²) in [5.74, 6) is 0.0355. The maximum atomic E-state index is 13.4. The number of fused-ring (bicyclic) bond motifs is 1. The smallest absolute Gasteiger partial charge is 0.134 e. The van der Waals surface area contributed by atoms with E-state index in [0.717, 1.165) is 5.39 Å². The molecule has 1 aromatic carbocycles. The Morgan fingerprint density at radius 2 is 2.26 bits per heavy atom. The van der Waals surface area contributed by atoms with E-state index in [4.69, 9.17) is 23.9 Å². The molecule has 0 spiro atoms. The highest BCUT2D eigenvalue weighted by molar-refractivity contribution is 6.18. The standard InChI is InChI=1S/C13H14BClFNO2/c14-8-17-12(6-15)13(18,7-16)10-2-1-9-3-4-19-11(9)5-10/h1-5,12,17-18H,6-8H2. The minimum atomic E-state index is -1.73. The van der Waals surface area contributed by atoms with Crippen LogP contribution in [0.2, 0.25) is 0 Å². The van der Waals surface area contributed by atoms with Gasteiger partial charge in [0.25, 0.3) is 0 Å². The van der Waals surface area contributed by atoms with Crippen LogP contribution in [-0.4, -0.2) is 38.0 Å². The van der Waals surface area contributed by atoms with Crippen LogP contribution in [0.3, 0.4) is 0 Å². The average molecular weight is 282 g/mol. The highest BCUT2D eigenvalue weighted by Gasteiger charge is 2.38. The Kier molecular flexibility index (Phi) is 4.50. The molecule has 0 saturated heterocycles. The SMILES string of the molecule is [B]CNC(CCl)C(O)(CF)c1ccc2ccoc2c1. The van der Waals surface area contributed by atoms with Gasteiger partial charge in [0, 0.05) is 11.3 Å². The molecule has 1 aromatic heterocycles. The Hall–Kier alpha value is -1.04. The van der Waals surface area contributed by atoms with Crippen LogP contribution >= 0.6 is 11.6 Å². The molecule has 2 N–H and O–H groups in total. The van der Waals surface area contributed by atoms with E-state index in [0.29, 0.717) is 11.1 Å². The Labute approximate surface area is 117 Å². The summed E-state index contributed by atoms with van der Waals surface area (Å²) in [4.78, 5) is 0. The van der Waals surface area contributed by atoms with Gasteiger partial charge in [0.1, 0.15) is 17.9 Å². The van der Waals surface area contributed by atoms with Crippen molar-refractivity contribution in [2.75, 3.05) is 19.0 Å². The molecular formula is C13H14BClFNO2. The number of rotatable bonds is 6. The van der Waals surface area contributed by atoms with E-state index in [1.54, 1.807) is 30.5 Å². The number of benzene rings is 1. The zero-order valence-corrected chi connectivity index (χ0v) is 11.0. The van der Waals surface area contributed by atoms with Gasteiger partial charge in [-0.05, 0) is 24.1 Å². The Bertz CT molecular complexity index is 550. The largest absolute Gasteiger partial charge is 0.464 e. The van der Waals surface area contributed by atoms with E-state index in [1.165, 1.54) is 0 Å². The van der Waals surface area contributed by atoms with E-state index < -0.39 is 18.3 Å². The Morgan fingerprint density at radius 1 is 1.47 bits per heavy atom. The second-order valence-electron chi connectivity index (χ2n) is 4.35. The molecule has 0 bridgehead atoms. The van der Waals surface area contributed by atoms with E-state index >= 15 is 0 Å². The van der Waals surface area contributed by atoms with Crippen molar-refractivity contribution in [3.05, 3.63) is 36.1 Å². The third kappa shape index (κ3) is 2.64. The molecule has 1 heterocycles. The number of aliphatic hydroxyl groups is 1. The molecule has 0 amide bonds. The van der Waals surface area contributed by atoms with Crippen molar-refractivity contribution in [1.29, 1.82) is 0 Å². The van der Waals surface area contributed by atoms with Crippen LogP contribution in [0.15, 0.2) is 34.9 Å². The molecule has 0 saturated carbocycles. The number of nitrogens with one attached hydrogen (secondary N) is 1. The zero-order chi connectivity index (χ0) is 13.9. The summed E-state index contributed by atoms with van der Waals surface area (Å²) >= 11 is 5.79. The van der Waals surface area contributed by atoms with Gasteiger partial charge in [-0.2, -0.15) is 0 Å². The lowest BCUT2D eigenvalue weighted by molar-refractivity contribution is -0.0169. The summed E-state index contributed by atoms with van der Waals surface area (Å²) in [6, 6.07) is 6.16. The number of hydrogen-bond acceptors (Lipinski definition) is 3. The molecule has 2 aromatic rings. The molecule has 0 aliphatic carbocycles. The van der Waals surface area contributed by atoms with Crippen LogP contribution in [0.1, 0.15) is 5.56 Å².